The Kier molecular flexibility index (Phi) is 6.73. The molecular formula is C28H31N3. The Bertz CT molecular complexity index is 1090. The van der Waals surface area contributed by atoms with E-state index >= 15 is 0 Å². The van der Waals surface area contributed by atoms with Crippen LogP contribution in [0.5, 0.6) is 0 Å². The third kappa shape index (κ3) is 5.58. The fraction of sp³-hybridized carbons (Fsp3) is 0.214. The molecule has 5 rings (SSSR count). The van der Waals surface area contributed by atoms with Gasteiger partial charge in [-0.15, -0.1) is 10.2 Å². The lowest BCUT2D eigenvalue weighted by Gasteiger charge is -2.33. The Morgan fingerprint density at radius 2 is 1.45 bits per heavy atom. The zero-order valence-electron chi connectivity index (χ0n) is 18.3. The SMILES string of the molecule is CC1Cc2cc(-c3ccccc3)nnc2N(Cc2ccccc2)C1.Cc1ccccc1.[HH]. The van der Waals surface area contributed by atoms with Gasteiger partial charge in [-0.2, -0.15) is 0 Å². The normalized spacial score (nSPS) is 14.9. The van der Waals surface area contributed by atoms with Gasteiger partial charge in [0, 0.05) is 20.1 Å². The van der Waals surface area contributed by atoms with Crippen LogP contribution in [0.2, 0.25) is 0 Å². The van der Waals surface area contributed by atoms with Crippen LogP contribution in [0.15, 0.2) is 97.1 Å². The molecule has 4 aromatic rings. The smallest absolute Gasteiger partial charge is 0.154 e. The van der Waals surface area contributed by atoms with Gasteiger partial charge in [0.05, 0.1) is 5.69 Å². The van der Waals surface area contributed by atoms with Gasteiger partial charge in [0.25, 0.3) is 0 Å². The van der Waals surface area contributed by atoms with Gasteiger partial charge in [-0.05, 0) is 36.5 Å². The minimum absolute atomic E-state index is 0. The number of aromatic nitrogens is 2. The van der Waals surface area contributed by atoms with Crippen molar-refractivity contribution in [2.24, 2.45) is 5.92 Å². The largest absolute Gasteiger partial charge is 0.350 e. The highest BCUT2D eigenvalue weighted by Crippen LogP contribution is 2.31. The fourth-order valence-corrected chi connectivity index (χ4v) is 3.97. The van der Waals surface area contributed by atoms with E-state index in [9.17, 15) is 0 Å². The summed E-state index contributed by atoms with van der Waals surface area (Å²) in [6.07, 6.45) is 1.07. The molecule has 1 unspecified atom stereocenters. The molecule has 158 valence electrons. The molecule has 0 saturated carbocycles. The van der Waals surface area contributed by atoms with Gasteiger partial charge in [0.2, 0.25) is 0 Å². The summed E-state index contributed by atoms with van der Waals surface area (Å²) in [6.45, 7) is 6.31. The van der Waals surface area contributed by atoms with Crippen LogP contribution in [-0.4, -0.2) is 16.7 Å². The van der Waals surface area contributed by atoms with Crippen LogP contribution in [-0.2, 0) is 13.0 Å². The van der Waals surface area contributed by atoms with Crippen molar-refractivity contribution < 1.29 is 1.43 Å². The van der Waals surface area contributed by atoms with Crippen molar-refractivity contribution in [2.45, 2.75) is 26.8 Å². The highest BCUT2D eigenvalue weighted by Gasteiger charge is 2.24. The Labute approximate surface area is 186 Å². The van der Waals surface area contributed by atoms with E-state index in [2.05, 4.69) is 89.6 Å². The molecule has 2 heterocycles. The van der Waals surface area contributed by atoms with E-state index in [-0.39, 0.29) is 1.43 Å². The van der Waals surface area contributed by atoms with E-state index in [1.165, 1.54) is 16.7 Å². The summed E-state index contributed by atoms with van der Waals surface area (Å²) in [6, 6.07) is 33.3. The lowest BCUT2D eigenvalue weighted by molar-refractivity contribution is 0.521. The molecule has 1 aromatic heterocycles. The van der Waals surface area contributed by atoms with Crippen molar-refractivity contribution in [1.29, 1.82) is 0 Å². The summed E-state index contributed by atoms with van der Waals surface area (Å²) in [7, 11) is 0. The van der Waals surface area contributed by atoms with Crippen molar-refractivity contribution in [3.63, 3.8) is 0 Å². The standard InChI is InChI=1S/C21H21N3.C7H8.H2/c1-16-12-19-13-20(18-10-6-3-7-11-18)22-23-21(19)24(14-16)15-17-8-4-2-5-9-17;1-7-5-3-2-4-6-7;/h2-11,13,16H,12,14-15H2,1H3;2-6H,1H3;1H. The molecule has 1 atom stereocenters. The molecule has 0 amide bonds. The summed E-state index contributed by atoms with van der Waals surface area (Å²) in [5.41, 5.74) is 6.02. The van der Waals surface area contributed by atoms with Gasteiger partial charge in [-0.25, -0.2) is 0 Å². The maximum absolute atomic E-state index is 4.58. The molecule has 0 bridgehead atoms. The number of fused-ring (bicyclic) bond motifs is 1. The highest BCUT2D eigenvalue weighted by atomic mass is 15.3. The first-order valence-electron chi connectivity index (χ1n) is 10.9. The minimum atomic E-state index is 0. The zero-order chi connectivity index (χ0) is 21.5. The van der Waals surface area contributed by atoms with Crippen LogP contribution in [0.3, 0.4) is 0 Å². The zero-order valence-corrected chi connectivity index (χ0v) is 18.3. The fourth-order valence-electron chi connectivity index (χ4n) is 3.97. The molecule has 0 saturated heterocycles. The van der Waals surface area contributed by atoms with Crippen LogP contribution in [0.1, 0.15) is 25.0 Å². The summed E-state index contributed by atoms with van der Waals surface area (Å²) in [5.74, 6) is 1.66. The molecule has 3 aromatic carbocycles. The van der Waals surface area contributed by atoms with E-state index in [1.807, 2.05) is 36.4 Å². The molecule has 1 aliphatic heterocycles. The van der Waals surface area contributed by atoms with E-state index in [4.69, 9.17) is 0 Å². The lowest BCUT2D eigenvalue weighted by Crippen LogP contribution is -2.35. The Morgan fingerprint density at radius 3 is 2.06 bits per heavy atom. The van der Waals surface area contributed by atoms with Crippen molar-refractivity contribution in [2.75, 3.05) is 11.4 Å². The third-order valence-corrected chi connectivity index (χ3v) is 5.48. The van der Waals surface area contributed by atoms with E-state index < -0.39 is 0 Å². The predicted octanol–water partition coefficient (Wildman–Crippen LogP) is 6.58. The number of nitrogens with zero attached hydrogens (tertiary/aromatic N) is 3. The highest BCUT2D eigenvalue weighted by molar-refractivity contribution is 5.62. The van der Waals surface area contributed by atoms with Gasteiger partial charge in [0.15, 0.2) is 5.82 Å². The monoisotopic (exact) mass is 409 g/mol. The topological polar surface area (TPSA) is 29.0 Å². The number of hydrogen-bond acceptors (Lipinski definition) is 3. The average molecular weight is 410 g/mol. The number of anilines is 1. The molecule has 3 heteroatoms. The van der Waals surface area contributed by atoms with Gasteiger partial charge in [-0.1, -0.05) is 103 Å². The van der Waals surface area contributed by atoms with Gasteiger partial charge in [0.1, 0.15) is 0 Å². The maximum Gasteiger partial charge on any atom is 0.154 e. The van der Waals surface area contributed by atoms with Crippen LogP contribution < -0.4 is 4.90 Å². The quantitative estimate of drug-likeness (QED) is 0.382. The Hall–Kier alpha value is -3.46. The molecule has 31 heavy (non-hydrogen) atoms. The summed E-state index contributed by atoms with van der Waals surface area (Å²) < 4.78 is 0. The summed E-state index contributed by atoms with van der Waals surface area (Å²) in [5, 5.41) is 9.07. The first kappa shape index (κ1) is 20.8. The van der Waals surface area contributed by atoms with Crippen molar-refractivity contribution in [3.05, 3.63) is 114 Å². The molecular weight excluding hydrogens is 378 g/mol. The van der Waals surface area contributed by atoms with Crippen molar-refractivity contribution >= 4 is 5.82 Å². The van der Waals surface area contributed by atoms with Gasteiger partial charge in [-0.3, -0.25) is 0 Å². The Balaban J connectivity index is 0.000000311. The summed E-state index contributed by atoms with van der Waals surface area (Å²) in [4.78, 5) is 2.36. The second-order valence-corrected chi connectivity index (χ2v) is 8.27. The average Bonchev–Trinajstić information content (AvgIpc) is 2.81. The van der Waals surface area contributed by atoms with E-state index in [1.54, 1.807) is 0 Å². The molecule has 3 nitrogen and oxygen atoms in total. The molecule has 0 N–H and O–H groups in total. The second-order valence-electron chi connectivity index (χ2n) is 8.27. The summed E-state index contributed by atoms with van der Waals surface area (Å²) >= 11 is 0. The molecule has 0 fully saturated rings. The Morgan fingerprint density at radius 1 is 0.839 bits per heavy atom. The minimum Gasteiger partial charge on any atom is -0.350 e. The number of benzene rings is 3. The first-order valence-corrected chi connectivity index (χ1v) is 10.9. The number of aryl methyl sites for hydroxylation is 1. The molecule has 0 radical (unpaired) electrons. The van der Waals surface area contributed by atoms with Crippen LogP contribution in [0.4, 0.5) is 5.82 Å². The van der Waals surface area contributed by atoms with Crippen LogP contribution >= 0.6 is 0 Å². The number of hydrogen-bond donors (Lipinski definition) is 0. The van der Waals surface area contributed by atoms with Crippen LogP contribution in [0.25, 0.3) is 11.3 Å². The number of rotatable bonds is 3. The molecule has 0 spiro atoms. The van der Waals surface area contributed by atoms with Crippen molar-refractivity contribution in [3.8, 4) is 11.3 Å². The predicted molar refractivity (Wildman–Crippen MR) is 131 cm³/mol. The molecule has 0 aliphatic carbocycles. The van der Waals surface area contributed by atoms with Gasteiger partial charge >= 0.3 is 0 Å². The third-order valence-electron chi connectivity index (χ3n) is 5.48. The van der Waals surface area contributed by atoms with E-state index in [0.29, 0.717) is 5.92 Å². The van der Waals surface area contributed by atoms with Crippen molar-refractivity contribution in [1.82, 2.24) is 10.2 Å². The first-order chi connectivity index (χ1) is 15.2. The second kappa shape index (κ2) is 10.0. The van der Waals surface area contributed by atoms with Crippen LogP contribution in [0, 0.1) is 12.8 Å². The molecule has 1 aliphatic rings. The van der Waals surface area contributed by atoms with E-state index in [0.717, 1.165) is 36.6 Å². The lowest BCUT2D eigenvalue weighted by atomic mass is 9.95. The maximum atomic E-state index is 4.58. The van der Waals surface area contributed by atoms with Gasteiger partial charge < -0.3 is 4.90 Å².